The smallest absolute Gasteiger partial charge is 0.296 e. The van der Waals surface area contributed by atoms with Gasteiger partial charge in [0.2, 0.25) is 4.96 Å². The summed E-state index contributed by atoms with van der Waals surface area (Å²) < 4.78 is 1.70. The van der Waals surface area contributed by atoms with E-state index in [0.29, 0.717) is 14.5 Å². The number of fused-ring (bicyclic) bond motifs is 1. The minimum atomic E-state index is -0.425. The predicted octanol–water partition coefficient (Wildman–Crippen LogP) is 3.15. The van der Waals surface area contributed by atoms with Crippen molar-refractivity contribution in [3.05, 3.63) is 95.6 Å². The molecule has 2 aromatic carbocycles. The first-order valence-electron chi connectivity index (χ1n) is 10.0. The average molecular weight is 453 g/mol. The SMILES string of the molecule is CCN(CC)c1ccc(C=c2sc3nc(=O)c(Cc4ccc(Cl)cc4)nn3c2=O)cc1. The van der Waals surface area contributed by atoms with Crippen LogP contribution in [0.3, 0.4) is 0 Å². The fraction of sp³-hybridized carbons (Fsp3) is 0.217. The van der Waals surface area contributed by atoms with E-state index in [4.69, 9.17) is 11.6 Å². The van der Waals surface area contributed by atoms with Crippen LogP contribution in [0.5, 0.6) is 0 Å². The minimum Gasteiger partial charge on any atom is -0.372 e. The lowest BCUT2D eigenvalue weighted by atomic mass is 10.1. The highest BCUT2D eigenvalue weighted by atomic mass is 35.5. The third-order valence-electron chi connectivity index (χ3n) is 5.05. The molecule has 158 valence electrons. The van der Waals surface area contributed by atoms with Crippen molar-refractivity contribution in [2.45, 2.75) is 20.3 Å². The fourth-order valence-corrected chi connectivity index (χ4v) is 4.40. The van der Waals surface area contributed by atoms with E-state index in [2.05, 4.69) is 28.8 Å². The summed E-state index contributed by atoms with van der Waals surface area (Å²) in [6.07, 6.45) is 2.09. The maximum absolute atomic E-state index is 12.9. The lowest BCUT2D eigenvalue weighted by Gasteiger charge is -2.20. The summed E-state index contributed by atoms with van der Waals surface area (Å²) in [6, 6.07) is 15.2. The van der Waals surface area contributed by atoms with Crippen LogP contribution in [0.2, 0.25) is 5.02 Å². The average Bonchev–Trinajstić information content (AvgIpc) is 3.06. The number of aromatic nitrogens is 3. The van der Waals surface area contributed by atoms with E-state index in [9.17, 15) is 9.59 Å². The van der Waals surface area contributed by atoms with Gasteiger partial charge in [0, 0.05) is 30.2 Å². The van der Waals surface area contributed by atoms with Crippen molar-refractivity contribution >= 4 is 39.7 Å². The molecule has 0 aliphatic heterocycles. The van der Waals surface area contributed by atoms with Crippen LogP contribution in [0, 0.1) is 0 Å². The second-order valence-electron chi connectivity index (χ2n) is 7.04. The molecule has 0 N–H and O–H groups in total. The third kappa shape index (κ3) is 4.52. The first-order chi connectivity index (χ1) is 15.0. The van der Waals surface area contributed by atoms with Gasteiger partial charge in [-0.25, -0.2) is 0 Å². The van der Waals surface area contributed by atoms with E-state index in [1.54, 1.807) is 18.2 Å². The van der Waals surface area contributed by atoms with Crippen LogP contribution in [0.4, 0.5) is 5.69 Å². The Kier molecular flexibility index (Phi) is 6.15. The summed E-state index contributed by atoms with van der Waals surface area (Å²) >= 11 is 7.08. The van der Waals surface area contributed by atoms with Gasteiger partial charge in [0.1, 0.15) is 5.69 Å². The van der Waals surface area contributed by atoms with Crippen LogP contribution < -0.4 is 20.6 Å². The molecule has 0 amide bonds. The Hall–Kier alpha value is -3.03. The number of nitrogens with zero attached hydrogens (tertiary/aromatic N) is 4. The van der Waals surface area contributed by atoms with E-state index >= 15 is 0 Å². The maximum Gasteiger partial charge on any atom is 0.296 e. The quantitative estimate of drug-likeness (QED) is 0.449. The fourth-order valence-electron chi connectivity index (χ4n) is 3.37. The van der Waals surface area contributed by atoms with Gasteiger partial charge in [0.15, 0.2) is 0 Å². The lowest BCUT2D eigenvalue weighted by molar-refractivity contribution is 0.811. The summed E-state index contributed by atoms with van der Waals surface area (Å²) in [5.41, 5.74) is 2.44. The molecule has 0 unspecified atom stereocenters. The number of rotatable bonds is 6. The first kappa shape index (κ1) is 21.2. The number of benzene rings is 2. The molecule has 31 heavy (non-hydrogen) atoms. The van der Waals surface area contributed by atoms with Crippen molar-refractivity contribution in [1.29, 1.82) is 0 Å². The van der Waals surface area contributed by atoms with Crippen LogP contribution in [0.25, 0.3) is 11.0 Å². The van der Waals surface area contributed by atoms with Crippen LogP contribution >= 0.6 is 22.9 Å². The normalized spacial score (nSPS) is 11.9. The van der Waals surface area contributed by atoms with Gasteiger partial charge in [0.05, 0.1) is 4.53 Å². The molecular weight excluding hydrogens is 432 g/mol. The molecule has 2 aromatic heterocycles. The summed E-state index contributed by atoms with van der Waals surface area (Å²) in [7, 11) is 0. The molecule has 2 heterocycles. The summed E-state index contributed by atoms with van der Waals surface area (Å²) in [5, 5.41) is 4.91. The molecule has 4 rings (SSSR count). The van der Waals surface area contributed by atoms with Crippen molar-refractivity contribution < 1.29 is 0 Å². The Morgan fingerprint density at radius 3 is 2.35 bits per heavy atom. The zero-order valence-electron chi connectivity index (χ0n) is 17.2. The molecule has 0 radical (unpaired) electrons. The molecule has 0 fully saturated rings. The maximum atomic E-state index is 12.9. The molecule has 0 bridgehead atoms. The number of hydrogen-bond donors (Lipinski definition) is 0. The van der Waals surface area contributed by atoms with E-state index in [-0.39, 0.29) is 17.7 Å². The second kappa shape index (κ2) is 8.99. The van der Waals surface area contributed by atoms with Crippen molar-refractivity contribution in [2.75, 3.05) is 18.0 Å². The van der Waals surface area contributed by atoms with Gasteiger partial charge in [0.25, 0.3) is 11.1 Å². The number of thiazole rings is 1. The zero-order valence-corrected chi connectivity index (χ0v) is 18.8. The molecule has 0 aliphatic rings. The Morgan fingerprint density at radius 2 is 1.71 bits per heavy atom. The number of anilines is 1. The van der Waals surface area contributed by atoms with Crippen LogP contribution in [0.15, 0.2) is 58.1 Å². The summed E-state index contributed by atoms with van der Waals surface area (Å²) in [5.74, 6) is 0. The minimum absolute atomic E-state index is 0.227. The van der Waals surface area contributed by atoms with Crippen LogP contribution in [-0.2, 0) is 6.42 Å². The molecule has 4 aromatic rings. The van der Waals surface area contributed by atoms with Crippen molar-refractivity contribution in [1.82, 2.24) is 14.6 Å². The highest BCUT2D eigenvalue weighted by Crippen LogP contribution is 2.15. The third-order valence-corrected chi connectivity index (χ3v) is 6.27. The van der Waals surface area contributed by atoms with Crippen molar-refractivity contribution in [2.24, 2.45) is 0 Å². The molecule has 6 nitrogen and oxygen atoms in total. The second-order valence-corrected chi connectivity index (χ2v) is 8.49. The van der Waals surface area contributed by atoms with E-state index in [0.717, 1.165) is 41.2 Å². The molecule has 8 heteroatoms. The Bertz CT molecular complexity index is 1370. The molecule has 0 atom stereocenters. The van der Waals surface area contributed by atoms with Crippen LogP contribution in [0.1, 0.15) is 30.7 Å². The number of halogens is 1. The van der Waals surface area contributed by atoms with Gasteiger partial charge >= 0.3 is 0 Å². The van der Waals surface area contributed by atoms with Gasteiger partial charge in [-0.3, -0.25) is 9.59 Å². The zero-order chi connectivity index (χ0) is 22.0. The highest BCUT2D eigenvalue weighted by Gasteiger charge is 2.12. The summed E-state index contributed by atoms with van der Waals surface area (Å²) in [4.78, 5) is 31.9. The summed E-state index contributed by atoms with van der Waals surface area (Å²) in [6.45, 7) is 6.11. The van der Waals surface area contributed by atoms with Gasteiger partial charge in [-0.2, -0.15) is 14.6 Å². The van der Waals surface area contributed by atoms with Gasteiger partial charge in [-0.1, -0.05) is 47.2 Å². The monoisotopic (exact) mass is 452 g/mol. The van der Waals surface area contributed by atoms with Gasteiger partial charge in [-0.05, 0) is 55.3 Å². The van der Waals surface area contributed by atoms with Crippen molar-refractivity contribution in [3.8, 4) is 0 Å². The first-order valence-corrected chi connectivity index (χ1v) is 11.2. The molecule has 0 aliphatic carbocycles. The Labute approximate surface area is 188 Å². The Balaban J connectivity index is 1.70. The van der Waals surface area contributed by atoms with Gasteiger partial charge in [-0.15, -0.1) is 0 Å². The van der Waals surface area contributed by atoms with Crippen molar-refractivity contribution in [3.63, 3.8) is 0 Å². The Morgan fingerprint density at radius 1 is 1.03 bits per heavy atom. The largest absolute Gasteiger partial charge is 0.372 e. The topological polar surface area (TPSA) is 67.6 Å². The molecule has 0 spiro atoms. The molecule has 0 saturated heterocycles. The van der Waals surface area contributed by atoms with Gasteiger partial charge < -0.3 is 4.90 Å². The number of hydrogen-bond acceptors (Lipinski definition) is 6. The standard InChI is InChI=1S/C23H21ClN4O2S/c1-3-27(4-2)18-11-7-16(8-12-18)14-20-22(30)28-23(31-20)25-21(29)19(26-28)13-15-5-9-17(24)10-6-15/h5-12,14H,3-4,13H2,1-2H3. The van der Waals surface area contributed by atoms with Crippen LogP contribution in [-0.4, -0.2) is 27.7 Å². The molecule has 0 saturated carbocycles. The van der Waals surface area contributed by atoms with E-state index in [1.807, 2.05) is 36.4 Å². The predicted molar refractivity (Wildman–Crippen MR) is 126 cm³/mol. The lowest BCUT2D eigenvalue weighted by Crippen LogP contribution is -2.28. The molecular formula is C23H21ClN4O2S. The van der Waals surface area contributed by atoms with E-state index < -0.39 is 5.56 Å². The highest BCUT2D eigenvalue weighted by molar-refractivity contribution is 7.15. The van der Waals surface area contributed by atoms with E-state index in [1.165, 1.54) is 4.52 Å².